The minimum absolute atomic E-state index is 0.0102. The molecule has 186 valence electrons. The standard InChI is InChI=1S/C28H34N2O5/c1-17(2)11-19(27(33)30-20-12-18(13-20)14-26(31)32)15-29-28(34)35-16-25-23-9-5-3-7-21(23)22-8-4-6-10-24(22)25/h3-10,17-20,25H,11-16H2,1-2H3,(H,29,34)(H,30,33)(H,31,32). The molecule has 2 aromatic rings. The van der Waals surface area contributed by atoms with Gasteiger partial charge in [-0.3, -0.25) is 9.59 Å². The van der Waals surface area contributed by atoms with Crippen LogP contribution < -0.4 is 10.6 Å². The van der Waals surface area contributed by atoms with Crippen LogP contribution in [0.4, 0.5) is 4.79 Å². The van der Waals surface area contributed by atoms with E-state index in [0.29, 0.717) is 19.3 Å². The maximum Gasteiger partial charge on any atom is 0.407 e. The SMILES string of the molecule is CC(C)CC(CNC(=O)OCC1c2ccccc2-c2ccccc21)C(=O)NC1CC(CC(=O)O)C1. The topological polar surface area (TPSA) is 105 Å². The van der Waals surface area contributed by atoms with Gasteiger partial charge in [-0.2, -0.15) is 0 Å². The zero-order valence-corrected chi connectivity index (χ0v) is 20.3. The molecule has 0 aromatic heterocycles. The molecule has 35 heavy (non-hydrogen) atoms. The largest absolute Gasteiger partial charge is 0.481 e. The molecule has 2 aromatic carbocycles. The zero-order valence-electron chi connectivity index (χ0n) is 20.3. The Morgan fingerprint density at radius 3 is 2.17 bits per heavy atom. The number of hydrogen-bond donors (Lipinski definition) is 3. The Morgan fingerprint density at radius 1 is 1.00 bits per heavy atom. The fourth-order valence-electron chi connectivity index (χ4n) is 5.29. The summed E-state index contributed by atoms with van der Waals surface area (Å²) in [6, 6.07) is 16.4. The zero-order chi connectivity index (χ0) is 24.9. The van der Waals surface area contributed by atoms with Crippen molar-refractivity contribution < 1.29 is 24.2 Å². The van der Waals surface area contributed by atoms with Gasteiger partial charge in [-0.25, -0.2) is 4.79 Å². The lowest BCUT2D eigenvalue weighted by Gasteiger charge is -2.36. The van der Waals surface area contributed by atoms with Crippen molar-refractivity contribution >= 4 is 18.0 Å². The first-order valence-corrected chi connectivity index (χ1v) is 12.4. The van der Waals surface area contributed by atoms with E-state index in [-0.39, 0.29) is 55.2 Å². The molecule has 0 aliphatic heterocycles. The molecule has 0 saturated heterocycles. The van der Waals surface area contributed by atoms with Crippen molar-refractivity contribution in [3.05, 3.63) is 59.7 Å². The van der Waals surface area contributed by atoms with E-state index in [9.17, 15) is 14.4 Å². The predicted molar refractivity (Wildman–Crippen MR) is 133 cm³/mol. The van der Waals surface area contributed by atoms with Gasteiger partial charge in [-0.1, -0.05) is 62.4 Å². The van der Waals surface area contributed by atoms with Gasteiger partial charge >= 0.3 is 12.1 Å². The summed E-state index contributed by atoms with van der Waals surface area (Å²) < 4.78 is 5.60. The third-order valence-electron chi connectivity index (χ3n) is 7.01. The Labute approximate surface area is 206 Å². The lowest BCUT2D eigenvalue weighted by molar-refractivity contribution is -0.139. The summed E-state index contributed by atoms with van der Waals surface area (Å²) in [4.78, 5) is 36.2. The minimum Gasteiger partial charge on any atom is -0.481 e. The molecule has 2 aliphatic carbocycles. The molecule has 0 spiro atoms. The number of aliphatic carboxylic acids is 1. The summed E-state index contributed by atoms with van der Waals surface area (Å²) >= 11 is 0. The molecule has 2 amide bonds. The second-order valence-electron chi connectivity index (χ2n) is 10.2. The summed E-state index contributed by atoms with van der Waals surface area (Å²) in [6.45, 7) is 4.51. The second kappa shape index (κ2) is 10.9. The van der Waals surface area contributed by atoms with Gasteiger partial charge in [0, 0.05) is 24.9 Å². The molecule has 3 N–H and O–H groups in total. The molecule has 1 saturated carbocycles. The van der Waals surface area contributed by atoms with E-state index in [0.717, 1.165) is 11.1 Å². The molecule has 7 nitrogen and oxygen atoms in total. The number of alkyl carbamates (subject to hydrolysis) is 1. The van der Waals surface area contributed by atoms with Crippen LogP contribution in [0, 0.1) is 17.8 Å². The molecule has 4 rings (SSSR count). The second-order valence-corrected chi connectivity index (χ2v) is 10.2. The van der Waals surface area contributed by atoms with Crippen LogP contribution in [-0.2, 0) is 14.3 Å². The number of amides is 2. The van der Waals surface area contributed by atoms with Crippen molar-refractivity contribution in [3.63, 3.8) is 0 Å². The highest BCUT2D eigenvalue weighted by Crippen LogP contribution is 2.44. The molecule has 7 heteroatoms. The van der Waals surface area contributed by atoms with Crippen LogP contribution >= 0.6 is 0 Å². The van der Waals surface area contributed by atoms with E-state index in [2.05, 4.69) is 34.9 Å². The van der Waals surface area contributed by atoms with Crippen molar-refractivity contribution in [1.29, 1.82) is 0 Å². The van der Waals surface area contributed by atoms with Crippen LogP contribution in [0.5, 0.6) is 0 Å². The van der Waals surface area contributed by atoms with Crippen LogP contribution in [-0.4, -0.2) is 42.3 Å². The average Bonchev–Trinajstić information content (AvgIpc) is 3.12. The molecule has 1 atom stereocenters. The van der Waals surface area contributed by atoms with Crippen molar-refractivity contribution in [1.82, 2.24) is 10.6 Å². The van der Waals surface area contributed by atoms with Crippen LogP contribution in [0.15, 0.2) is 48.5 Å². The number of carboxylic acid groups (broad SMARTS) is 1. The first kappa shape index (κ1) is 24.8. The van der Waals surface area contributed by atoms with Crippen molar-refractivity contribution in [2.45, 2.75) is 51.5 Å². The van der Waals surface area contributed by atoms with Crippen LogP contribution in [0.3, 0.4) is 0 Å². The van der Waals surface area contributed by atoms with E-state index in [1.54, 1.807) is 0 Å². The smallest absolute Gasteiger partial charge is 0.407 e. The normalized spacial score (nSPS) is 19.3. The van der Waals surface area contributed by atoms with E-state index in [1.807, 2.05) is 38.1 Å². The maximum atomic E-state index is 12.8. The molecule has 1 fully saturated rings. The van der Waals surface area contributed by atoms with Crippen molar-refractivity contribution in [2.75, 3.05) is 13.2 Å². The molecular formula is C28H34N2O5. The van der Waals surface area contributed by atoms with Crippen LogP contribution in [0.1, 0.15) is 56.6 Å². The highest BCUT2D eigenvalue weighted by atomic mass is 16.5. The van der Waals surface area contributed by atoms with Crippen LogP contribution in [0.2, 0.25) is 0 Å². The van der Waals surface area contributed by atoms with Gasteiger partial charge in [0.1, 0.15) is 6.61 Å². The summed E-state index contributed by atoms with van der Waals surface area (Å²) in [6.07, 6.45) is 1.63. The highest BCUT2D eigenvalue weighted by molar-refractivity contribution is 5.81. The summed E-state index contributed by atoms with van der Waals surface area (Å²) in [7, 11) is 0. The summed E-state index contributed by atoms with van der Waals surface area (Å²) in [5.74, 6) is -0.869. The molecule has 0 radical (unpaired) electrons. The highest BCUT2D eigenvalue weighted by Gasteiger charge is 2.34. The van der Waals surface area contributed by atoms with Gasteiger partial charge in [0.25, 0.3) is 0 Å². The Hall–Kier alpha value is -3.35. The van der Waals surface area contributed by atoms with E-state index >= 15 is 0 Å². The first-order chi connectivity index (χ1) is 16.8. The van der Waals surface area contributed by atoms with E-state index in [4.69, 9.17) is 9.84 Å². The van der Waals surface area contributed by atoms with Gasteiger partial charge in [-0.15, -0.1) is 0 Å². The maximum absolute atomic E-state index is 12.8. The fourth-order valence-corrected chi connectivity index (χ4v) is 5.29. The predicted octanol–water partition coefficient (Wildman–Crippen LogP) is 4.56. The monoisotopic (exact) mass is 478 g/mol. The number of ether oxygens (including phenoxy) is 1. The number of hydrogen-bond acceptors (Lipinski definition) is 4. The summed E-state index contributed by atoms with van der Waals surface area (Å²) in [5, 5.41) is 14.7. The number of nitrogens with one attached hydrogen (secondary N) is 2. The fraction of sp³-hybridized carbons (Fsp3) is 0.464. The van der Waals surface area contributed by atoms with Gasteiger partial charge in [0.2, 0.25) is 5.91 Å². The quantitative estimate of drug-likeness (QED) is 0.464. The molecule has 2 aliphatic rings. The number of benzene rings is 2. The lowest BCUT2D eigenvalue weighted by Crippen LogP contribution is -2.49. The van der Waals surface area contributed by atoms with E-state index in [1.165, 1.54) is 11.1 Å². The third kappa shape index (κ3) is 6.02. The molecular weight excluding hydrogens is 444 g/mol. The number of carboxylic acids is 1. The Bertz CT molecular complexity index is 1030. The molecule has 0 bridgehead atoms. The Kier molecular flexibility index (Phi) is 7.73. The van der Waals surface area contributed by atoms with Crippen LogP contribution in [0.25, 0.3) is 11.1 Å². The Morgan fingerprint density at radius 2 is 1.60 bits per heavy atom. The van der Waals surface area contributed by atoms with Crippen molar-refractivity contribution in [2.24, 2.45) is 17.8 Å². The van der Waals surface area contributed by atoms with Gasteiger partial charge in [0.05, 0.1) is 5.92 Å². The number of carbonyl (C=O) groups is 3. The average molecular weight is 479 g/mol. The van der Waals surface area contributed by atoms with Crippen molar-refractivity contribution in [3.8, 4) is 11.1 Å². The number of carbonyl (C=O) groups excluding carboxylic acids is 2. The van der Waals surface area contributed by atoms with E-state index < -0.39 is 12.1 Å². The lowest BCUT2D eigenvalue weighted by atomic mass is 9.78. The first-order valence-electron chi connectivity index (χ1n) is 12.4. The van der Waals surface area contributed by atoms with Gasteiger partial charge in [-0.05, 0) is 53.4 Å². The summed E-state index contributed by atoms with van der Waals surface area (Å²) in [5.41, 5.74) is 4.65. The van der Waals surface area contributed by atoms with Gasteiger partial charge in [0.15, 0.2) is 0 Å². The molecule has 1 unspecified atom stereocenters. The third-order valence-corrected chi connectivity index (χ3v) is 7.01. The number of rotatable bonds is 10. The van der Waals surface area contributed by atoms with Gasteiger partial charge < -0.3 is 20.5 Å². The molecule has 0 heterocycles. The minimum atomic E-state index is -0.801. The number of fused-ring (bicyclic) bond motifs is 3. The Balaban J connectivity index is 1.28.